The van der Waals surface area contributed by atoms with Crippen LogP contribution < -0.4 is 10.6 Å². The van der Waals surface area contributed by atoms with Crippen LogP contribution in [0.15, 0.2) is 0 Å². The van der Waals surface area contributed by atoms with Crippen molar-refractivity contribution in [3.05, 3.63) is 0 Å². The van der Waals surface area contributed by atoms with Gasteiger partial charge in [-0.2, -0.15) is 0 Å². The highest BCUT2D eigenvalue weighted by atomic mass is 16.7. The van der Waals surface area contributed by atoms with E-state index in [1.165, 1.54) is 20.8 Å². The van der Waals surface area contributed by atoms with E-state index in [9.17, 15) is 75.3 Å². The fraction of sp³-hybridized carbons (Fsp3) is 0.871. The summed E-state index contributed by atoms with van der Waals surface area (Å²) in [7, 11) is 0. The number of hydrogen-bond acceptors (Lipinski definition) is 20. The lowest BCUT2D eigenvalue weighted by Gasteiger charge is -2.43. The number of amides is 2. The highest BCUT2D eigenvalue weighted by molar-refractivity contribution is 5.74. The van der Waals surface area contributed by atoms with E-state index in [0.717, 1.165) is 13.8 Å². The first-order valence-electron chi connectivity index (χ1n) is 17.1. The molecule has 13 N–H and O–H groups in total. The van der Waals surface area contributed by atoms with Crippen LogP contribution in [0.3, 0.4) is 0 Å². The minimum Gasteiger partial charge on any atom is -0.479 e. The van der Waals surface area contributed by atoms with Crippen LogP contribution in [-0.2, 0) is 52.3 Å². The molecule has 2 rings (SSSR count). The van der Waals surface area contributed by atoms with Crippen molar-refractivity contribution in [3.8, 4) is 0 Å². The number of carboxylic acids is 2. The van der Waals surface area contributed by atoms with Gasteiger partial charge >= 0.3 is 11.9 Å². The molecular formula is C31H54N2O22. The van der Waals surface area contributed by atoms with Gasteiger partial charge in [0.1, 0.15) is 54.9 Å². The average Bonchev–Trinajstić information content (AvgIpc) is 3.10. The van der Waals surface area contributed by atoms with Crippen LogP contribution in [-0.4, -0.2) is 217 Å². The molecule has 2 heterocycles. The minimum absolute atomic E-state index is 0.533. The maximum atomic E-state index is 12.5. The third-order valence-electron chi connectivity index (χ3n) is 8.58. The number of hydrogen-bond donors (Lipinski definition) is 13. The molecule has 0 spiro atoms. The largest absolute Gasteiger partial charge is 0.479 e. The molecule has 24 heteroatoms. The van der Waals surface area contributed by atoms with Crippen molar-refractivity contribution in [3.63, 3.8) is 0 Å². The van der Waals surface area contributed by atoms with Crippen molar-refractivity contribution < 1.29 is 109 Å². The molecule has 2 aliphatic heterocycles. The lowest BCUT2D eigenvalue weighted by atomic mass is 9.98. The van der Waals surface area contributed by atoms with E-state index in [2.05, 4.69) is 10.6 Å². The molecule has 2 saturated heterocycles. The van der Waals surface area contributed by atoms with Crippen LogP contribution in [0.4, 0.5) is 0 Å². The monoisotopic (exact) mass is 806 g/mol. The normalized spacial score (nSPS) is 32.9. The van der Waals surface area contributed by atoms with Gasteiger partial charge in [0.25, 0.3) is 0 Å². The highest BCUT2D eigenvalue weighted by Gasteiger charge is 2.52. The van der Waals surface area contributed by atoms with Crippen molar-refractivity contribution in [1.29, 1.82) is 0 Å². The summed E-state index contributed by atoms with van der Waals surface area (Å²) < 4.78 is 38.6. The van der Waals surface area contributed by atoms with E-state index in [4.69, 9.17) is 33.2 Å². The van der Waals surface area contributed by atoms with E-state index in [0.29, 0.717) is 0 Å². The average molecular weight is 807 g/mol. The Hall–Kier alpha value is -2.76. The number of aliphatic carboxylic acids is 2. The van der Waals surface area contributed by atoms with Gasteiger partial charge in [-0.15, -0.1) is 0 Å². The molecule has 0 aliphatic carbocycles. The Morgan fingerprint density at radius 3 is 1.53 bits per heavy atom. The van der Waals surface area contributed by atoms with Crippen molar-refractivity contribution in [1.82, 2.24) is 10.6 Å². The molecule has 55 heavy (non-hydrogen) atoms. The van der Waals surface area contributed by atoms with E-state index >= 15 is 0 Å². The number of nitrogens with one attached hydrogen (secondary N) is 2. The molecule has 24 nitrogen and oxygen atoms in total. The maximum Gasteiger partial charge on any atom is 0.335 e. The molecule has 0 aromatic heterocycles. The molecular weight excluding hydrogens is 752 g/mol. The van der Waals surface area contributed by atoms with Crippen molar-refractivity contribution in [2.45, 2.75) is 145 Å². The van der Waals surface area contributed by atoms with Crippen molar-refractivity contribution >= 4 is 23.8 Å². The van der Waals surface area contributed by atoms with E-state index < -0.39 is 160 Å². The van der Waals surface area contributed by atoms with Crippen LogP contribution in [0.5, 0.6) is 0 Å². The summed E-state index contributed by atoms with van der Waals surface area (Å²) in [6, 6.07) is -2.69. The standard InChI is InChI=1S/C31H54N2O22/c1-10(36)17(6-34)51-12(3)15(32-13(4)38)8-49-31-23(44)21(42)24(26(55-31)28(47)48)53-29(52-18(7-35)11(2)37)16(33-14(5)39)9-50-30-22(43)19(40)20(41)25(54-30)27(45)46/h10-12,15-26,29-31,34-37,40-44H,6-9H2,1-5H3,(H,32,38)(H,33,39)(H,45,46)(H,47,48)/t10-,11-,12?,15-,16-,17?,18?,19?,20?,21?,22?,23?,24?,25?,26?,29?,30?,31?/m0/s1. The predicted octanol–water partition coefficient (Wildman–Crippen LogP) is -6.93. The van der Waals surface area contributed by atoms with Crippen LogP contribution in [0.1, 0.15) is 34.6 Å². The number of carbonyl (C=O) groups is 4. The van der Waals surface area contributed by atoms with Gasteiger partial charge in [0.2, 0.25) is 11.8 Å². The van der Waals surface area contributed by atoms with Crippen molar-refractivity contribution in [2.24, 2.45) is 0 Å². The summed E-state index contributed by atoms with van der Waals surface area (Å²) in [4.78, 5) is 48.2. The molecule has 0 saturated carbocycles. The molecule has 0 aromatic carbocycles. The summed E-state index contributed by atoms with van der Waals surface area (Å²) in [5.74, 6) is -4.90. The second-order valence-corrected chi connectivity index (χ2v) is 13.1. The Morgan fingerprint density at radius 1 is 0.636 bits per heavy atom. The van der Waals surface area contributed by atoms with Crippen LogP contribution in [0.2, 0.25) is 0 Å². The number of carbonyl (C=O) groups excluding carboxylic acids is 2. The zero-order valence-corrected chi connectivity index (χ0v) is 30.6. The molecule has 18 atom stereocenters. The number of aliphatic hydroxyl groups excluding tert-OH is 9. The molecule has 0 radical (unpaired) electrons. The summed E-state index contributed by atoms with van der Waals surface area (Å²) >= 11 is 0. The second-order valence-electron chi connectivity index (χ2n) is 13.1. The summed E-state index contributed by atoms with van der Waals surface area (Å²) in [5, 5.41) is 116. The molecule has 0 aromatic rings. The summed E-state index contributed by atoms with van der Waals surface area (Å²) in [5.41, 5.74) is 0. The Balaban J connectivity index is 2.39. The predicted molar refractivity (Wildman–Crippen MR) is 175 cm³/mol. The molecule has 2 amide bonds. The fourth-order valence-corrected chi connectivity index (χ4v) is 5.46. The maximum absolute atomic E-state index is 12.5. The van der Waals surface area contributed by atoms with Gasteiger partial charge in [-0.1, -0.05) is 0 Å². The third kappa shape index (κ3) is 13.7. The van der Waals surface area contributed by atoms with E-state index in [-0.39, 0.29) is 0 Å². The number of aliphatic hydroxyl groups is 9. The first kappa shape index (κ1) is 48.4. The molecule has 14 unspecified atom stereocenters. The van der Waals surface area contributed by atoms with E-state index in [1.54, 1.807) is 0 Å². The van der Waals surface area contributed by atoms with E-state index in [1.807, 2.05) is 0 Å². The van der Waals surface area contributed by atoms with Crippen LogP contribution in [0, 0.1) is 0 Å². The molecule has 0 bridgehead atoms. The van der Waals surface area contributed by atoms with Gasteiger partial charge < -0.3 is 100.0 Å². The van der Waals surface area contributed by atoms with Gasteiger partial charge in [-0.25, -0.2) is 9.59 Å². The van der Waals surface area contributed by atoms with Crippen LogP contribution in [0.25, 0.3) is 0 Å². The summed E-state index contributed by atoms with van der Waals surface area (Å²) in [6.45, 7) is 3.30. The lowest BCUT2D eigenvalue weighted by Crippen LogP contribution is -2.64. The smallest absolute Gasteiger partial charge is 0.335 e. The Morgan fingerprint density at radius 2 is 1.07 bits per heavy atom. The van der Waals surface area contributed by atoms with Crippen molar-refractivity contribution in [2.75, 3.05) is 26.4 Å². The van der Waals surface area contributed by atoms with Gasteiger partial charge in [0.05, 0.1) is 50.8 Å². The third-order valence-corrected chi connectivity index (χ3v) is 8.58. The summed E-state index contributed by atoms with van der Waals surface area (Å²) in [6.07, 6.45) is -28.8. The zero-order valence-electron chi connectivity index (χ0n) is 30.6. The number of carboxylic acid groups (broad SMARTS) is 2. The van der Waals surface area contributed by atoms with Gasteiger partial charge in [-0.3, -0.25) is 9.59 Å². The number of ether oxygens (including phenoxy) is 7. The molecule has 2 fully saturated rings. The Bertz CT molecular complexity index is 1230. The topological polar surface area (TPSA) is 379 Å². The van der Waals surface area contributed by atoms with Gasteiger partial charge in [-0.05, 0) is 20.8 Å². The first-order valence-corrected chi connectivity index (χ1v) is 17.1. The van der Waals surface area contributed by atoms with Crippen LogP contribution >= 0.6 is 0 Å². The van der Waals surface area contributed by atoms with Gasteiger partial charge in [0.15, 0.2) is 31.1 Å². The molecule has 320 valence electrons. The fourth-order valence-electron chi connectivity index (χ4n) is 5.46. The second kappa shape index (κ2) is 22.3. The molecule has 2 aliphatic rings. The quantitative estimate of drug-likeness (QED) is 0.0452. The SMILES string of the molecule is CC(=O)N[C@@H](COC1OC(C(=O)O)C(OC(OC(CO)[C@H](C)O)[C@H](COC2OC(C(=O)O)C(O)C(O)C2O)NC(C)=O)C(O)C1O)C(C)OC(CO)[C@H](C)O. The zero-order chi connectivity index (χ0) is 41.9. The van der Waals surface area contributed by atoms with Gasteiger partial charge in [0, 0.05) is 13.8 Å². The first-order chi connectivity index (χ1) is 25.6. The minimum atomic E-state index is -2.19. The highest BCUT2D eigenvalue weighted by Crippen LogP contribution is 2.29. The Labute approximate surface area is 314 Å². The lowest BCUT2D eigenvalue weighted by molar-refractivity contribution is -0.333. The number of rotatable bonds is 22. The Kier molecular flexibility index (Phi) is 19.6.